The van der Waals surface area contributed by atoms with Crippen molar-refractivity contribution in [3.8, 4) is 0 Å². The molecule has 0 radical (unpaired) electrons. The summed E-state index contributed by atoms with van der Waals surface area (Å²) >= 11 is 0. The Hall–Kier alpha value is -1.36. The summed E-state index contributed by atoms with van der Waals surface area (Å²) in [5, 5.41) is 2.70. The van der Waals surface area contributed by atoms with Crippen LogP contribution < -0.4 is 11.1 Å². The molecule has 0 aromatic heterocycles. The number of amides is 1. The zero-order valence-corrected chi connectivity index (χ0v) is 11.1. The van der Waals surface area contributed by atoms with Gasteiger partial charge in [-0.25, -0.2) is 0 Å². The lowest BCUT2D eigenvalue weighted by molar-refractivity contribution is -0.119. The fraction of sp³-hybridized carbons (Fsp3) is 0.417. The van der Waals surface area contributed by atoms with Crippen LogP contribution in [0.4, 0.5) is 5.69 Å². The summed E-state index contributed by atoms with van der Waals surface area (Å²) in [5.74, 6) is -0.273. The number of rotatable bonds is 4. The maximum atomic E-state index is 12.0. The molecule has 0 aliphatic carbocycles. The molecular weight excluding hydrogens is 236 g/mol. The SMILES string of the molecule is Cc1cccc(S(=O)CC(=O)NC(C)C)c1N. The van der Waals surface area contributed by atoms with Gasteiger partial charge in [0.25, 0.3) is 0 Å². The average molecular weight is 254 g/mol. The number of nitrogens with two attached hydrogens (primary N) is 1. The summed E-state index contributed by atoms with van der Waals surface area (Å²) in [6.07, 6.45) is 0. The number of aryl methyl sites for hydroxylation is 1. The lowest BCUT2D eigenvalue weighted by atomic mass is 10.2. The minimum atomic E-state index is -1.39. The third-order valence-electron chi connectivity index (χ3n) is 2.24. The molecule has 3 N–H and O–H groups in total. The Kier molecular flexibility index (Phi) is 4.69. The van der Waals surface area contributed by atoms with Gasteiger partial charge in [0.05, 0.1) is 21.4 Å². The molecule has 0 spiro atoms. The van der Waals surface area contributed by atoms with Gasteiger partial charge in [-0.3, -0.25) is 9.00 Å². The van der Waals surface area contributed by atoms with Crippen molar-refractivity contribution in [2.75, 3.05) is 11.5 Å². The van der Waals surface area contributed by atoms with Crippen LogP contribution in [-0.2, 0) is 15.6 Å². The van der Waals surface area contributed by atoms with Crippen molar-refractivity contribution >= 4 is 22.4 Å². The maximum Gasteiger partial charge on any atom is 0.233 e. The fourth-order valence-corrected chi connectivity index (χ4v) is 2.53. The van der Waals surface area contributed by atoms with Gasteiger partial charge >= 0.3 is 0 Å². The Morgan fingerprint density at radius 1 is 1.47 bits per heavy atom. The molecule has 4 nitrogen and oxygen atoms in total. The van der Waals surface area contributed by atoms with Crippen LogP contribution in [0.1, 0.15) is 19.4 Å². The third kappa shape index (κ3) is 3.85. The summed E-state index contributed by atoms with van der Waals surface area (Å²) < 4.78 is 12.0. The molecule has 1 rings (SSSR count). The second-order valence-electron chi connectivity index (χ2n) is 4.20. The van der Waals surface area contributed by atoms with E-state index in [1.807, 2.05) is 26.8 Å². The first-order valence-corrected chi connectivity index (χ1v) is 6.76. The molecule has 0 saturated heterocycles. The van der Waals surface area contributed by atoms with E-state index in [4.69, 9.17) is 5.73 Å². The Morgan fingerprint density at radius 3 is 2.71 bits per heavy atom. The van der Waals surface area contributed by atoms with Crippen molar-refractivity contribution in [3.05, 3.63) is 23.8 Å². The van der Waals surface area contributed by atoms with Gasteiger partial charge in [-0.05, 0) is 32.4 Å². The van der Waals surface area contributed by atoms with Gasteiger partial charge in [-0.1, -0.05) is 12.1 Å². The predicted octanol–water partition coefficient (Wildman–Crippen LogP) is 1.21. The van der Waals surface area contributed by atoms with E-state index in [0.717, 1.165) is 5.56 Å². The quantitative estimate of drug-likeness (QED) is 0.793. The minimum absolute atomic E-state index is 0.0498. The number of para-hydroxylation sites is 1. The second kappa shape index (κ2) is 5.82. The van der Waals surface area contributed by atoms with E-state index in [9.17, 15) is 9.00 Å². The standard InChI is InChI=1S/C12H18N2O2S/c1-8(2)14-11(15)7-17(16)10-6-4-5-9(3)12(10)13/h4-6,8H,7,13H2,1-3H3,(H,14,15). The third-order valence-corrected chi connectivity index (χ3v) is 3.61. The van der Waals surface area contributed by atoms with Crippen LogP contribution >= 0.6 is 0 Å². The topological polar surface area (TPSA) is 72.2 Å². The summed E-state index contributed by atoms with van der Waals surface area (Å²) in [7, 11) is -1.39. The largest absolute Gasteiger partial charge is 0.398 e. The van der Waals surface area contributed by atoms with Gasteiger partial charge in [0.15, 0.2) is 0 Å². The summed E-state index contributed by atoms with van der Waals surface area (Å²) in [6, 6.07) is 5.39. The lowest BCUT2D eigenvalue weighted by Crippen LogP contribution is -2.33. The summed E-state index contributed by atoms with van der Waals surface area (Å²) in [6.45, 7) is 5.58. The highest BCUT2D eigenvalue weighted by atomic mass is 32.2. The van der Waals surface area contributed by atoms with Gasteiger partial charge in [-0.2, -0.15) is 0 Å². The van der Waals surface area contributed by atoms with Crippen LogP contribution in [0.2, 0.25) is 0 Å². The van der Waals surface area contributed by atoms with Crippen molar-refractivity contribution in [1.29, 1.82) is 0 Å². The van der Waals surface area contributed by atoms with Gasteiger partial charge in [0.2, 0.25) is 5.91 Å². The molecule has 1 amide bonds. The molecule has 1 atom stereocenters. The highest BCUT2D eigenvalue weighted by Gasteiger charge is 2.14. The molecule has 0 aliphatic rings. The predicted molar refractivity (Wildman–Crippen MR) is 70.1 cm³/mol. The maximum absolute atomic E-state index is 12.0. The number of nitrogen functional groups attached to an aromatic ring is 1. The summed E-state index contributed by atoms with van der Waals surface area (Å²) in [4.78, 5) is 12.0. The highest BCUT2D eigenvalue weighted by molar-refractivity contribution is 7.86. The van der Waals surface area contributed by atoms with E-state index in [2.05, 4.69) is 5.32 Å². The Balaban J connectivity index is 2.77. The second-order valence-corrected chi connectivity index (χ2v) is 5.62. The van der Waals surface area contributed by atoms with Gasteiger partial charge in [0.1, 0.15) is 5.75 Å². The van der Waals surface area contributed by atoms with Crippen molar-refractivity contribution in [1.82, 2.24) is 5.32 Å². The van der Waals surface area contributed by atoms with Crippen LogP contribution in [0.3, 0.4) is 0 Å². The Morgan fingerprint density at radius 2 is 2.12 bits per heavy atom. The van der Waals surface area contributed by atoms with Crippen LogP contribution in [0.5, 0.6) is 0 Å². The molecular formula is C12H18N2O2S. The normalized spacial score (nSPS) is 12.5. The van der Waals surface area contributed by atoms with E-state index in [0.29, 0.717) is 10.6 Å². The zero-order chi connectivity index (χ0) is 13.0. The highest BCUT2D eigenvalue weighted by Crippen LogP contribution is 2.20. The fourth-order valence-electron chi connectivity index (χ4n) is 1.41. The Bertz CT molecular complexity index is 444. The molecule has 5 heteroatoms. The molecule has 17 heavy (non-hydrogen) atoms. The first-order chi connectivity index (χ1) is 7.91. The van der Waals surface area contributed by atoms with E-state index in [1.54, 1.807) is 12.1 Å². The van der Waals surface area contributed by atoms with Crippen molar-refractivity contribution < 1.29 is 9.00 Å². The monoisotopic (exact) mass is 254 g/mol. The van der Waals surface area contributed by atoms with Gasteiger partial charge in [0, 0.05) is 6.04 Å². The number of nitrogens with one attached hydrogen (secondary N) is 1. The van der Waals surface area contributed by atoms with Crippen LogP contribution in [-0.4, -0.2) is 21.9 Å². The van der Waals surface area contributed by atoms with E-state index < -0.39 is 10.8 Å². The Labute approximate surface area is 104 Å². The average Bonchev–Trinajstić information content (AvgIpc) is 2.20. The molecule has 0 fully saturated rings. The number of benzene rings is 1. The first-order valence-electron chi connectivity index (χ1n) is 5.44. The minimum Gasteiger partial charge on any atom is -0.398 e. The smallest absolute Gasteiger partial charge is 0.233 e. The van der Waals surface area contributed by atoms with E-state index in [1.165, 1.54) is 0 Å². The van der Waals surface area contributed by atoms with Crippen molar-refractivity contribution in [2.24, 2.45) is 0 Å². The molecule has 1 aromatic carbocycles. The van der Waals surface area contributed by atoms with Crippen LogP contribution in [0.25, 0.3) is 0 Å². The van der Waals surface area contributed by atoms with Gasteiger partial charge in [-0.15, -0.1) is 0 Å². The number of carbonyl (C=O) groups is 1. The number of hydrogen-bond donors (Lipinski definition) is 2. The van der Waals surface area contributed by atoms with Gasteiger partial charge < -0.3 is 11.1 Å². The number of anilines is 1. The molecule has 0 bridgehead atoms. The number of hydrogen-bond acceptors (Lipinski definition) is 3. The molecule has 0 saturated carbocycles. The molecule has 0 aliphatic heterocycles. The molecule has 1 unspecified atom stereocenters. The molecule has 1 aromatic rings. The first kappa shape index (κ1) is 13.7. The number of carbonyl (C=O) groups excluding carboxylic acids is 1. The zero-order valence-electron chi connectivity index (χ0n) is 10.3. The van der Waals surface area contributed by atoms with Crippen LogP contribution in [0.15, 0.2) is 23.1 Å². The lowest BCUT2D eigenvalue weighted by Gasteiger charge is -2.10. The van der Waals surface area contributed by atoms with Crippen molar-refractivity contribution in [3.63, 3.8) is 0 Å². The van der Waals surface area contributed by atoms with E-state index >= 15 is 0 Å². The molecule has 94 valence electrons. The van der Waals surface area contributed by atoms with Crippen LogP contribution in [0, 0.1) is 6.92 Å². The summed E-state index contributed by atoms with van der Waals surface area (Å²) in [5.41, 5.74) is 7.21. The molecule has 0 heterocycles. The van der Waals surface area contributed by atoms with E-state index in [-0.39, 0.29) is 17.7 Å². The van der Waals surface area contributed by atoms with Crippen molar-refractivity contribution in [2.45, 2.75) is 31.7 Å².